The number of hydrogen-bond donors (Lipinski definition) is 1. The molecule has 0 aromatic carbocycles. The highest BCUT2D eigenvalue weighted by atomic mass is 32.1. The molecule has 7 nitrogen and oxygen atoms in total. The molecule has 0 spiro atoms. The predicted octanol–water partition coefficient (Wildman–Crippen LogP) is 0.806. The summed E-state index contributed by atoms with van der Waals surface area (Å²) in [4.78, 5) is 47.6. The van der Waals surface area contributed by atoms with E-state index < -0.39 is 24.5 Å². The number of nitrogens with zero attached hydrogens (tertiary/aromatic N) is 1. The maximum atomic E-state index is 11.7. The lowest BCUT2D eigenvalue weighted by atomic mass is 10.2. The number of nitrogens with one attached hydrogen (secondary N) is 1. The summed E-state index contributed by atoms with van der Waals surface area (Å²) in [5.41, 5.74) is 0. The number of thiophene rings is 1. The molecule has 0 aliphatic carbocycles. The van der Waals surface area contributed by atoms with Crippen LogP contribution in [0.1, 0.15) is 22.5 Å². The Morgan fingerprint density at radius 2 is 2.14 bits per heavy atom. The fraction of sp³-hybridized carbons (Fsp3) is 0.385. The second-order valence-corrected chi connectivity index (χ2v) is 5.29. The van der Waals surface area contributed by atoms with Crippen LogP contribution in [0.15, 0.2) is 17.5 Å². The minimum atomic E-state index is -0.632. The van der Waals surface area contributed by atoms with Gasteiger partial charge in [-0.2, -0.15) is 0 Å². The van der Waals surface area contributed by atoms with Crippen molar-refractivity contribution in [1.29, 1.82) is 0 Å². The number of Topliss-reactive ketones (excluding diaryl/α,β-unsaturated/α-hetero) is 1. The van der Waals surface area contributed by atoms with Gasteiger partial charge in [-0.05, 0) is 11.4 Å². The summed E-state index contributed by atoms with van der Waals surface area (Å²) in [6.07, 6.45) is -0.0477. The lowest BCUT2D eigenvalue weighted by molar-refractivity contribution is -0.150. The summed E-state index contributed by atoms with van der Waals surface area (Å²) in [7, 11) is 0. The minimum absolute atomic E-state index is 0.0394. The fourth-order valence-corrected chi connectivity index (χ4v) is 2.47. The quantitative estimate of drug-likeness (QED) is 0.620. The highest BCUT2D eigenvalue weighted by Gasteiger charge is 2.26. The van der Waals surface area contributed by atoms with Gasteiger partial charge in [0.2, 0.25) is 0 Å². The number of carbonyl (C=O) groups is 4. The van der Waals surface area contributed by atoms with E-state index in [1.54, 1.807) is 17.5 Å². The van der Waals surface area contributed by atoms with Crippen molar-refractivity contribution in [2.24, 2.45) is 0 Å². The highest BCUT2D eigenvalue weighted by Crippen LogP contribution is 2.12. The standard InChI is InChI=1S/C13H14N2O5S/c16-9(10-2-1-7-21-10)3-4-12(18)20-8-11(17)15-6-5-14-13(15)19/h1-2,7H,3-6,8H2,(H,14,19). The first-order chi connectivity index (χ1) is 10.1. The van der Waals surface area contributed by atoms with Crippen LogP contribution >= 0.6 is 11.3 Å². The van der Waals surface area contributed by atoms with Gasteiger partial charge in [0.05, 0.1) is 11.3 Å². The van der Waals surface area contributed by atoms with Gasteiger partial charge in [0.1, 0.15) is 0 Å². The van der Waals surface area contributed by atoms with Gasteiger partial charge in [-0.15, -0.1) is 11.3 Å². The maximum absolute atomic E-state index is 11.7. The summed E-state index contributed by atoms with van der Waals surface area (Å²) in [5, 5.41) is 4.26. The number of imide groups is 1. The van der Waals surface area contributed by atoms with Crippen LogP contribution in [-0.4, -0.2) is 48.3 Å². The van der Waals surface area contributed by atoms with E-state index in [1.807, 2.05) is 0 Å². The van der Waals surface area contributed by atoms with Gasteiger partial charge < -0.3 is 10.1 Å². The van der Waals surface area contributed by atoms with E-state index in [4.69, 9.17) is 4.74 Å². The Morgan fingerprint density at radius 1 is 1.33 bits per heavy atom. The van der Waals surface area contributed by atoms with Gasteiger partial charge in [-0.25, -0.2) is 4.79 Å². The number of ketones is 1. The third-order valence-electron chi connectivity index (χ3n) is 2.87. The molecule has 0 radical (unpaired) electrons. The summed E-state index contributed by atoms with van der Waals surface area (Å²) < 4.78 is 4.77. The van der Waals surface area contributed by atoms with Gasteiger partial charge in [0.15, 0.2) is 12.4 Å². The summed E-state index contributed by atoms with van der Waals surface area (Å²) in [6, 6.07) is 2.97. The van der Waals surface area contributed by atoms with Crippen molar-refractivity contribution in [2.75, 3.05) is 19.7 Å². The Labute approximate surface area is 124 Å². The number of urea groups is 1. The number of ether oxygens (including phenoxy) is 1. The Kier molecular flexibility index (Phi) is 5.04. The van der Waals surface area contributed by atoms with Crippen LogP contribution in [0.25, 0.3) is 0 Å². The molecule has 8 heteroatoms. The molecule has 1 saturated heterocycles. The van der Waals surface area contributed by atoms with Crippen LogP contribution in [0, 0.1) is 0 Å². The molecule has 1 aliphatic heterocycles. The summed E-state index contributed by atoms with van der Waals surface area (Å²) in [6.45, 7) is 0.180. The van der Waals surface area contributed by atoms with Crippen LogP contribution < -0.4 is 5.32 Å². The van der Waals surface area contributed by atoms with Gasteiger partial charge in [0, 0.05) is 19.5 Å². The second-order valence-electron chi connectivity index (χ2n) is 4.34. The Bertz CT molecular complexity index is 555. The minimum Gasteiger partial charge on any atom is -0.456 e. The molecule has 2 heterocycles. The van der Waals surface area contributed by atoms with Crippen LogP contribution in [0.2, 0.25) is 0 Å². The molecule has 0 bridgehead atoms. The second kappa shape index (κ2) is 6.98. The van der Waals surface area contributed by atoms with Crippen molar-refractivity contribution in [1.82, 2.24) is 10.2 Å². The van der Waals surface area contributed by atoms with E-state index in [9.17, 15) is 19.2 Å². The lowest BCUT2D eigenvalue weighted by Crippen LogP contribution is -2.37. The van der Waals surface area contributed by atoms with E-state index in [0.29, 0.717) is 11.4 Å². The molecule has 21 heavy (non-hydrogen) atoms. The zero-order chi connectivity index (χ0) is 15.2. The van der Waals surface area contributed by atoms with E-state index in [2.05, 4.69) is 5.32 Å². The third kappa shape index (κ3) is 4.12. The largest absolute Gasteiger partial charge is 0.456 e. The molecule has 1 aromatic rings. The van der Waals surface area contributed by atoms with Gasteiger partial charge >= 0.3 is 12.0 Å². The molecule has 112 valence electrons. The lowest BCUT2D eigenvalue weighted by Gasteiger charge is -2.11. The van der Waals surface area contributed by atoms with Gasteiger partial charge in [-0.3, -0.25) is 19.3 Å². The number of amides is 3. The highest BCUT2D eigenvalue weighted by molar-refractivity contribution is 7.12. The molecule has 0 saturated carbocycles. The van der Waals surface area contributed by atoms with Crippen molar-refractivity contribution < 1.29 is 23.9 Å². The molecule has 0 atom stereocenters. The monoisotopic (exact) mass is 310 g/mol. The molecule has 3 amide bonds. The van der Waals surface area contributed by atoms with E-state index >= 15 is 0 Å². The SMILES string of the molecule is O=C(CCC(=O)c1cccs1)OCC(=O)N1CCNC1=O. The molecule has 0 unspecified atom stereocenters. The van der Waals surface area contributed by atoms with Crippen molar-refractivity contribution in [3.05, 3.63) is 22.4 Å². The van der Waals surface area contributed by atoms with E-state index in [-0.39, 0.29) is 25.2 Å². The Hall–Kier alpha value is -2.22. The number of esters is 1. The average molecular weight is 310 g/mol. The normalized spacial score (nSPS) is 13.9. The van der Waals surface area contributed by atoms with Crippen LogP contribution in [0.4, 0.5) is 4.79 Å². The first-order valence-corrected chi connectivity index (χ1v) is 7.26. The first kappa shape index (κ1) is 15.2. The Morgan fingerprint density at radius 3 is 2.76 bits per heavy atom. The molecular weight excluding hydrogens is 296 g/mol. The molecule has 1 fully saturated rings. The maximum Gasteiger partial charge on any atom is 0.324 e. The van der Waals surface area contributed by atoms with Crippen molar-refractivity contribution in [3.8, 4) is 0 Å². The molecule has 2 rings (SSSR count). The summed E-state index contributed by atoms with van der Waals surface area (Å²) in [5.74, 6) is -1.33. The van der Waals surface area contributed by atoms with E-state index in [1.165, 1.54) is 11.3 Å². The summed E-state index contributed by atoms with van der Waals surface area (Å²) >= 11 is 1.31. The van der Waals surface area contributed by atoms with Crippen molar-refractivity contribution in [2.45, 2.75) is 12.8 Å². The third-order valence-corrected chi connectivity index (χ3v) is 3.78. The van der Waals surface area contributed by atoms with Crippen LogP contribution in [0.5, 0.6) is 0 Å². The van der Waals surface area contributed by atoms with Crippen molar-refractivity contribution in [3.63, 3.8) is 0 Å². The zero-order valence-corrected chi connectivity index (χ0v) is 12.0. The zero-order valence-electron chi connectivity index (χ0n) is 11.2. The van der Waals surface area contributed by atoms with E-state index in [0.717, 1.165) is 4.90 Å². The van der Waals surface area contributed by atoms with Gasteiger partial charge in [-0.1, -0.05) is 6.07 Å². The number of carbonyl (C=O) groups excluding carboxylic acids is 4. The number of rotatable bonds is 6. The van der Waals surface area contributed by atoms with Crippen molar-refractivity contribution >= 4 is 35.0 Å². The molecule has 1 aliphatic rings. The predicted molar refractivity (Wildman–Crippen MR) is 74.0 cm³/mol. The smallest absolute Gasteiger partial charge is 0.324 e. The first-order valence-electron chi connectivity index (χ1n) is 6.38. The molecule has 1 N–H and O–H groups in total. The topological polar surface area (TPSA) is 92.8 Å². The molecular formula is C13H14N2O5S. The Balaban J connectivity index is 1.69. The van der Waals surface area contributed by atoms with Crippen LogP contribution in [0.3, 0.4) is 0 Å². The average Bonchev–Trinajstić information content (AvgIpc) is 3.13. The van der Waals surface area contributed by atoms with Gasteiger partial charge in [0.25, 0.3) is 5.91 Å². The number of hydrogen-bond acceptors (Lipinski definition) is 6. The molecule has 1 aromatic heterocycles. The fourth-order valence-electron chi connectivity index (χ4n) is 1.78. The van der Waals surface area contributed by atoms with Crippen LogP contribution in [-0.2, 0) is 14.3 Å².